The lowest BCUT2D eigenvalue weighted by Crippen LogP contribution is -2.44. The molecule has 2 amide bonds. The molecule has 0 unspecified atom stereocenters. The number of carboxylic acids is 1. The summed E-state index contributed by atoms with van der Waals surface area (Å²) < 4.78 is 4.78. The maximum Gasteiger partial charge on any atom is 0.326 e. The molecule has 0 aromatic rings. The minimum Gasteiger partial charge on any atom is -0.480 e. The average Bonchev–Trinajstić information content (AvgIpc) is 2.16. The van der Waals surface area contributed by atoms with E-state index in [0.29, 0.717) is 0 Å². The van der Waals surface area contributed by atoms with Crippen molar-refractivity contribution < 1.29 is 24.2 Å². The molecule has 0 aliphatic heterocycles. The van der Waals surface area contributed by atoms with Crippen LogP contribution in [0.2, 0.25) is 0 Å². The van der Waals surface area contributed by atoms with Crippen molar-refractivity contribution in [3.8, 4) is 0 Å². The van der Waals surface area contributed by atoms with Gasteiger partial charge in [-0.2, -0.15) is 0 Å². The number of rotatable bonds is 8. The van der Waals surface area contributed by atoms with Gasteiger partial charge >= 0.3 is 5.97 Å². The predicted octanol–water partition coefficient (Wildman–Crippen LogP) is -2.59. The van der Waals surface area contributed by atoms with Crippen molar-refractivity contribution in [1.29, 1.82) is 0 Å². The van der Waals surface area contributed by atoms with Gasteiger partial charge in [-0.25, -0.2) is 4.79 Å². The van der Waals surface area contributed by atoms with Gasteiger partial charge in [-0.3, -0.25) is 9.59 Å². The topological polar surface area (TPSA) is 145 Å². The fourth-order valence-electron chi connectivity index (χ4n) is 0.885. The minimum absolute atomic E-state index is 0.195. The maximum absolute atomic E-state index is 11.1. The standard InChI is InChI=1S/C8H15N3O5/c9-1-2-16-4-7(13)11-5(8(14)15)3-6(10)12/h5H,1-4,9H2,(H2,10,12)(H,11,13)(H,14,15)/t5-/m0/s1. The smallest absolute Gasteiger partial charge is 0.326 e. The molecule has 6 N–H and O–H groups in total. The lowest BCUT2D eigenvalue weighted by Gasteiger charge is -2.12. The summed E-state index contributed by atoms with van der Waals surface area (Å²) in [5.74, 6) is -2.77. The van der Waals surface area contributed by atoms with E-state index in [1.54, 1.807) is 0 Å². The Labute approximate surface area is 91.9 Å². The van der Waals surface area contributed by atoms with Gasteiger partial charge in [-0.15, -0.1) is 0 Å². The Morgan fingerprint density at radius 3 is 2.44 bits per heavy atom. The predicted molar refractivity (Wildman–Crippen MR) is 53.3 cm³/mol. The molecule has 0 saturated carbocycles. The Bertz CT molecular complexity index is 268. The summed E-state index contributed by atoms with van der Waals surface area (Å²) in [6.45, 7) is 0.150. The third kappa shape index (κ3) is 6.74. The van der Waals surface area contributed by atoms with Gasteiger partial charge in [0.15, 0.2) is 0 Å². The van der Waals surface area contributed by atoms with Crippen LogP contribution in [-0.2, 0) is 19.1 Å². The molecule has 0 radical (unpaired) electrons. The maximum atomic E-state index is 11.1. The van der Waals surface area contributed by atoms with E-state index in [0.717, 1.165) is 0 Å². The first-order valence-corrected chi connectivity index (χ1v) is 4.55. The second-order valence-electron chi connectivity index (χ2n) is 2.97. The van der Waals surface area contributed by atoms with Gasteiger partial charge in [-0.05, 0) is 0 Å². The number of hydrogen-bond acceptors (Lipinski definition) is 5. The Kier molecular flexibility index (Phi) is 6.81. The molecule has 0 aliphatic carbocycles. The number of primary amides is 1. The van der Waals surface area contributed by atoms with Crippen LogP contribution in [0.3, 0.4) is 0 Å². The van der Waals surface area contributed by atoms with Gasteiger partial charge < -0.3 is 26.6 Å². The molecule has 92 valence electrons. The number of ether oxygens (including phenoxy) is 1. The van der Waals surface area contributed by atoms with Crippen molar-refractivity contribution in [2.75, 3.05) is 19.8 Å². The van der Waals surface area contributed by atoms with Crippen molar-refractivity contribution in [1.82, 2.24) is 5.32 Å². The van der Waals surface area contributed by atoms with Crippen LogP contribution in [0.5, 0.6) is 0 Å². The zero-order valence-corrected chi connectivity index (χ0v) is 8.64. The van der Waals surface area contributed by atoms with Gasteiger partial charge in [0.1, 0.15) is 12.6 Å². The lowest BCUT2D eigenvalue weighted by atomic mass is 10.2. The first-order valence-electron chi connectivity index (χ1n) is 4.55. The minimum atomic E-state index is -1.33. The van der Waals surface area contributed by atoms with E-state index in [-0.39, 0.29) is 19.8 Å². The molecular formula is C8H15N3O5. The van der Waals surface area contributed by atoms with Gasteiger partial charge in [0.05, 0.1) is 13.0 Å². The Hall–Kier alpha value is -1.67. The van der Waals surface area contributed by atoms with E-state index in [1.807, 2.05) is 0 Å². The van der Waals surface area contributed by atoms with E-state index in [2.05, 4.69) is 5.32 Å². The van der Waals surface area contributed by atoms with Crippen LogP contribution in [0, 0.1) is 0 Å². The van der Waals surface area contributed by atoms with Crippen LogP contribution >= 0.6 is 0 Å². The molecule has 0 aliphatic rings. The molecule has 0 fully saturated rings. The molecule has 0 aromatic heterocycles. The van der Waals surface area contributed by atoms with Crippen LogP contribution in [0.4, 0.5) is 0 Å². The Morgan fingerprint density at radius 2 is 2.00 bits per heavy atom. The van der Waals surface area contributed by atoms with E-state index in [4.69, 9.17) is 21.3 Å². The summed E-state index contributed by atoms with van der Waals surface area (Å²) in [6, 6.07) is -1.33. The quantitative estimate of drug-likeness (QED) is 0.338. The SMILES string of the molecule is NCCOCC(=O)N[C@@H](CC(N)=O)C(=O)O. The van der Waals surface area contributed by atoms with E-state index < -0.39 is 30.2 Å². The van der Waals surface area contributed by atoms with Crippen LogP contribution in [0.1, 0.15) is 6.42 Å². The number of carbonyl (C=O) groups excluding carboxylic acids is 2. The highest BCUT2D eigenvalue weighted by atomic mass is 16.5. The third-order valence-electron chi connectivity index (χ3n) is 1.53. The summed E-state index contributed by atoms with van der Waals surface area (Å²) in [5.41, 5.74) is 9.95. The number of amides is 2. The molecule has 0 saturated heterocycles. The molecular weight excluding hydrogens is 218 g/mol. The molecule has 16 heavy (non-hydrogen) atoms. The molecule has 0 bridgehead atoms. The molecule has 0 aromatic carbocycles. The van der Waals surface area contributed by atoms with E-state index in [1.165, 1.54) is 0 Å². The van der Waals surface area contributed by atoms with Crippen molar-refractivity contribution >= 4 is 17.8 Å². The number of nitrogens with two attached hydrogens (primary N) is 2. The lowest BCUT2D eigenvalue weighted by molar-refractivity contribution is -0.144. The zero-order valence-electron chi connectivity index (χ0n) is 8.64. The second-order valence-corrected chi connectivity index (χ2v) is 2.97. The highest BCUT2D eigenvalue weighted by Gasteiger charge is 2.21. The van der Waals surface area contributed by atoms with E-state index in [9.17, 15) is 14.4 Å². The van der Waals surface area contributed by atoms with E-state index >= 15 is 0 Å². The number of carbonyl (C=O) groups is 3. The van der Waals surface area contributed by atoms with Crippen LogP contribution in [0.15, 0.2) is 0 Å². The summed E-state index contributed by atoms with van der Waals surface area (Å²) in [4.78, 5) is 32.3. The van der Waals surface area contributed by atoms with Gasteiger partial charge in [0, 0.05) is 6.54 Å². The van der Waals surface area contributed by atoms with Crippen LogP contribution in [-0.4, -0.2) is 48.7 Å². The number of nitrogens with one attached hydrogen (secondary N) is 1. The summed E-state index contributed by atoms with van der Waals surface area (Å²) in [5, 5.41) is 10.8. The molecule has 0 rings (SSSR count). The molecule has 8 nitrogen and oxygen atoms in total. The van der Waals surface area contributed by atoms with Gasteiger partial charge in [0.2, 0.25) is 11.8 Å². The average molecular weight is 233 g/mol. The molecule has 8 heteroatoms. The first-order chi connectivity index (χ1) is 7.47. The second kappa shape index (κ2) is 7.60. The largest absolute Gasteiger partial charge is 0.480 e. The van der Waals surface area contributed by atoms with Crippen molar-refractivity contribution in [3.05, 3.63) is 0 Å². The zero-order chi connectivity index (χ0) is 12.6. The summed E-state index contributed by atoms with van der Waals surface area (Å²) in [7, 11) is 0. The fourth-order valence-corrected chi connectivity index (χ4v) is 0.885. The van der Waals surface area contributed by atoms with Gasteiger partial charge in [0.25, 0.3) is 0 Å². The van der Waals surface area contributed by atoms with Crippen LogP contribution < -0.4 is 16.8 Å². The van der Waals surface area contributed by atoms with Crippen molar-refractivity contribution in [3.63, 3.8) is 0 Å². The third-order valence-corrected chi connectivity index (χ3v) is 1.53. The summed E-state index contributed by atoms with van der Waals surface area (Å²) >= 11 is 0. The number of carboxylic acid groups (broad SMARTS) is 1. The Morgan fingerprint density at radius 1 is 1.38 bits per heavy atom. The number of aliphatic carboxylic acids is 1. The molecule has 1 atom stereocenters. The number of hydrogen-bond donors (Lipinski definition) is 4. The monoisotopic (exact) mass is 233 g/mol. The van der Waals surface area contributed by atoms with Crippen molar-refractivity contribution in [2.24, 2.45) is 11.5 Å². The Balaban J connectivity index is 4.03. The summed E-state index contributed by atoms with van der Waals surface area (Å²) in [6.07, 6.45) is -0.460. The van der Waals surface area contributed by atoms with Gasteiger partial charge in [-0.1, -0.05) is 0 Å². The normalized spacial score (nSPS) is 11.8. The van der Waals surface area contributed by atoms with Crippen molar-refractivity contribution in [2.45, 2.75) is 12.5 Å². The highest BCUT2D eigenvalue weighted by molar-refractivity contribution is 5.88. The highest BCUT2D eigenvalue weighted by Crippen LogP contribution is 1.91. The first kappa shape index (κ1) is 14.3. The fraction of sp³-hybridized carbons (Fsp3) is 0.625. The molecule has 0 heterocycles. The van der Waals surface area contributed by atoms with Crippen LogP contribution in [0.25, 0.3) is 0 Å². The molecule has 0 spiro atoms.